The molecule has 9 heteroatoms. The van der Waals surface area contributed by atoms with Crippen LogP contribution in [0.4, 0.5) is 0 Å². The fourth-order valence-corrected chi connectivity index (χ4v) is 4.51. The molecule has 0 radical (unpaired) electrons. The first kappa shape index (κ1) is 24.4. The van der Waals surface area contributed by atoms with Gasteiger partial charge in [0.25, 0.3) is 11.8 Å². The van der Waals surface area contributed by atoms with Crippen LogP contribution >= 0.6 is 44.1 Å². The number of halogens is 2. The summed E-state index contributed by atoms with van der Waals surface area (Å²) in [5, 5.41) is 0.234. The van der Waals surface area contributed by atoms with Crippen molar-refractivity contribution in [1.29, 1.82) is 0 Å². The molecule has 6 nitrogen and oxygen atoms in total. The van der Waals surface area contributed by atoms with E-state index in [4.69, 9.17) is 21.7 Å². The van der Waals surface area contributed by atoms with Crippen molar-refractivity contribution in [3.8, 4) is 11.5 Å². The van der Waals surface area contributed by atoms with E-state index in [0.29, 0.717) is 41.2 Å². The van der Waals surface area contributed by atoms with Crippen molar-refractivity contribution in [2.45, 2.75) is 20.5 Å². The smallest absolute Gasteiger partial charge is 0.265 e. The topological polar surface area (TPSA) is 59.1 Å². The normalized spacial score (nSPS) is 14.2. The fraction of sp³-hybridized carbons (Fsp3) is 0.261. The first-order valence-corrected chi connectivity index (χ1v) is 11.9. The fourth-order valence-electron chi connectivity index (χ4n) is 3.25. The highest BCUT2D eigenvalue weighted by Crippen LogP contribution is 2.38. The lowest BCUT2D eigenvalue weighted by molar-refractivity contribution is -0.133. The highest BCUT2D eigenvalue weighted by atomic mass is 79.9. The number of hydrogen-bond donors (Lipinski definition) is 0. The van der Waals surface area contributed by atoms with Crippen LogP contribution < -0.4 is 9.47 Å². The van der Waals surface area contributed by atoms with Crippen molar-refractivity contribution in [3.05, 3.63) is 62.0 Å². The predicted octanol–water partition coefficient (Wildman–Crippen LogP) is 5.18. The van der Waals surface area contributed by atoms with Gasteiger partial charge in [0, 0.05) is 17.6 Å². The summed E-state index contributed by atoms with van der Waals surface area (Å²) in [5.41, 5.74) is 1.68. The molecule has 0 atom stereocenters. The van der Waals surface area contributed by atoms with E-state index in [9.17, 15) is 9.59 Å². The number of nitrogens with zero attached hydrogens (tertiary/aromatic N) is 2. The Morgan fingerprint density at radius 1 is 1.00 bits per heavy atom. The molecule has 32 heavy (non-hydrogen) atoms. The van der Waals surface area contributed by atoms with Crippen molar-refractivity contribution in [2.75, 3.05) is 20.2 Å². The van der Waals surface area contributed by atoms with Crippen molar-refractivity contribution < 1.29 is 19.1 Å². The predicted molar refractivity (Wildman–Crippen MR) is 135 cm³/mol. The minimum absolute atomic E-state index is 0.0554. The molecule has 2 aromatic rings. The van der Waals surface area contributed by atoms with Gasteiger partial charge in [-0.3, -0.25) is 19.4 Å². The van der Waals surface area contributed by atoms with Crippen molar-refractivity contribution in [3.63, 3.8) is 0 Å². The molecule has 0 unspecified atom stereocenters. The third-order valence-electron chi connectivity index (χ3n) is 4.90. The lowest BCUT2D eigenvalue weighted by Gasteiger charge is -2.35. The number of carbonyl (C=O) groups is 2. The third-order valence-corrected chi connectivity index (χ3v) is 6.46. The second-order valence-corrected chi connectivity index (χ2v) is 9.02. The molecule has 0 spiro atoms. The Kier molecular flexibility index (Phi) is 8.08. The molecule has 1 aliphatic heterocycles. The monoisotopic (exact) mass is 580 g/mol. The maximum Gasteiger partial charge on any atom is 0.265 e. The van der Waals surface area contributed by atoms with Crippen LogP contribution in [0.1, 0.15) is 25.0 Å². The van der Waals surface area contributed by atoms with Crippen LogP contribution in [0, 0.1) is 0 Å². The van der Waals surface area contributed by atoms with E-state index in [1.54, 1.807) is 18.2 Å². The summed E-state index contributed by atoms with van der Waals surface area (Å²) in [5.74, 6) is 0.204. The van der Waals surface area contributed by atoms with Crippen LogP contribution in [-0.2, 0) is 16.2 Å². The lowest BCUT2D eigenvalue weighted by atomic mass is 10.1. The summed E-state index contributed by atoms with van der Waals surface area (Å²) in [6.07, 6.45) is 1.56. The summed E-state index contributed by atoms with van der Waals surface area (Å²) in [7, 11) is 1.54. The zero-order valence-electron chi connectivity index (χ0n) is 17.9. The van der Waals surface area contributed by atoms with Gasteiger partial charge in [-0.1, -0.05) is 28.1 Å². The number of carbonyl (C=O) groups excluding carboxylic acids is 2. The third kappa shape index (κ3) is 5.05. The molecule has 168 valence electrons. The van der Waals surface area contributed by atoms with Crippen molar-refractivity contribution in [2.24, 2.45) is 0 Å². The molecular weight excluding hydrogens is 560 g/mol. The lowest BCUT2D eigenvalue weighted by Crippen LogP contribution is -2.55. The summed E-state index contributed by atoms with van der Waals surface area (Å²) >= 11 is 12.3. The number of hydrogen-bond acceptors (Lipinski definition) is 5. The number of rotatable bonds is 7. The number of methoxy groups -OCH3 is 1. The molecule has 0 aromatic heterocycles. The van der Waals surface area contributed by atoms with E-state index in [-0.39, 0.29) is 10.7 Å². The van der Waals surface area contributed by atoms with E-state index < -0.39 is 11.8 Å². The molecule has 0 saturated carbocycles. The molecule has 2 aromatic carbocycles. The Morgan fingerprint density at radius 3 is 2.12 bits per heavy atom. The molecule has 1 saturated heterocycles. The quantitative estimate of drug-likeness (QED) is 0.256. The van der Waals surface area contributed by atoms with Crippen LogP contribution in [0.25, 0.3) is 6.08 Å². The van der Waals surface area contributed by atoms with E-state index in [2.05, 4.69) is 31.9 Å². The maximum absolute atomic E-state index is 12.9. The summed E-state index contributed by atoms with van der Waals surface area (Å²) in [4.78, 5) is 28.6. The van der Waals surface area contributed by atoms with Gasteiger partial charge in [-0.15, -0.1) is 0 Å². The largest absolute Gasteiger partial charge is 0.493 e. The molecule has 3 rings (SSSR count). The Morgan fingerprint density at radius 2 is 1.59 bits per heavy atom. The van der Waals surface area contributed by atoms with Gasteiger partial charge in [0.15, 0.2) is 16.6 Å². The minimum Gasteiger partial charge on any atom is -0.493 e. The zero-order chi connectivity index (χ0) is 23.4. The Hall–Kier alpha value is -2.23. The summed E-state index contributed by atoms with van der Waals surface area (Å²) < 4.78 is 13.1. The maximum atomic E-state index is 12.9. The van der Waals surface area contributed by atoms with Crippen LogP contribution in [0.5, 0.6) is 11.5 Å². The van der Waals surface area contributed by atoms with Crippen LogP contribution in [0.2, 0.25) is 0 Å². The molecule has 0 aliphatic carbocycles. The molecule has 1 aliphatic rings. The number of thiocarbonyl (C=S) groups is 1. The van der Waals surface area contributed by atoms with E-state index in [1.165, 1.54) is 16.9 Å². The van der Waals surface area contributed by atoms with Gasteiger partial charge < -0.3 is 9.47 Å². The van der Waals surface area contributed by atoms with E-state index in [0.717, 1.165) is 10.0 Å². The zero-order valence-corrected chi connectivity index (χ0v) is 21.8. The first-order valence-electron chi connectivity index (χ1n) is 9.94. The van der Waals surface area contributed by atoms with Gasteiger partial charge in [-0.05, 0) is 83.5 Å². The summed E-state index contributed by atoms with van der Waals surface area (Å²) in [6, 6.07) is 11.3. The number of likely N-dealkylation sites (N-methyl/N-ethyl adjacent to an activating group) is 2. The number of amides is 2. The standard InChI is InChI=1S/C23H22Br2N2O4S/c1-4-26-21(28)17(22(29)27(5-2)23(26)32)10-15-11-18(25)20(19(12-15)30-3)31-13-14-6-8-16(24)9-7-14/h6-12H,4-5,13H2,1-3H3. The molecule has 1 fully saturated rings. The molecule has 0 bridgehead atoms. The average Bonchev–Trinajstić information content (AvgIpc) is 2.77. The molecule has 0 N–H and O–H groups in total. The van der Waals surface area contributed by atoms with E-state index in [1.807, 2.05) is 38.1 Å². The van der Waals surface area contributed by atoms with Crippen LogP contribution in [-0.4, -0.2) is 46.9 Å². The summed E-state index contributed by atoms with van der Waals surface area (Å²) in [6.45, 7) is 4.77. The second-order valence-electron chi connectivity index (χ2n) is 6.89. The SMILES string of the molecule is CCN1C(=O)C(=Cc2cc(Br)c(OCc3ccc(Br)cc3)c(OC)c2)C(=O)N(CC)C1=S. The molecular formula is C23H22Br2N2O4S. The Bertz CT molecular complexity index is 1060. The Labute approximate surface area is 209 Å². The van der Waals surface area contributed by atoms with Crippen molar-refractivity contribution in [1.82, 2.24) is 9.80 Å². The highest BCUT2D eigenvalue weighted by Gasteiger charge is 2.37. The Balaban J connectivity index is 1.92. The second kappa shape index (κ2) is 10.6. The molecule has 2 amide bonds. The van der Waals surface area contributed by atoms with Crippen molar-refractivity contribution >= 4 is 67.1 Å². The van der Waals surface area contributed by atoms with Gasteiger partial charge in [-0.25, -0.2) is 0 Å². The van der Waals surface area contributed by atoms with Gasteiger partial charge >= 0.3 is 0 Å². The number of ether oxygens (including phenoxy) is 2. The molecule has 1 heterocycles. The van der Waals surface area contributed by atoms with Gasteiger partial charge in [0.05, 0.1) is 11.6 Å². The number of benzene rings is 2. The average molecular weight is 582 g/mol. The minimum atomic E-state index is -0.405. The van der Waals surface area contributed by atoms with Gasteiger partial charge in [-0.2, -0.15) is 0 Å². The van der Waals surface area contributed by atoms with Crippen LogP contribution in [0.3, 0.4) is 0 Å². The first-order chi connectivity index (χ1) is 15.3. The van der Waals surface area contributed by atoms with Gasteiger partial charge in [0.1, 0.15) is 12.2 Å². The highest BCUT2D eigenvalue weighted by molar-refractivity contribution is 9.10. The van der Waals surface area contributed by atoms with Crippen LogP contribution in [0.15, 0.2) is 50.9 Å². The van der Waals surface area contributed by atoms with E-state index >= 15 is 0 Å². The van der Waals surface area contributed by atoms with Gasteiger partial charge in [0.2, 0.25) is 0 Å².